The number of hydrogen-bond donors (Lipinski definition) is 1. The minimum atomic E-state index is -0.0370. The van der Waals surface area contributed by atoms with Gasteiger partial charge in [-0.15, -0.1) is 5.10 Å². The van der Waals surface area contributed by atoms with Crippen molar-refractivity contribution >= 4 is 40.7 Å². The number of nitrogens with zero attached hydrogens (tertiary/aromatic N) is 3. The van der Waals surface area contributed by atoms with Crippen molar-refractivity contribution in [3.63, 3.8) is 0 Å². The van der Waals surface area contributed by atoms with Crippen molar-refractivity contribution in [3.8, 4) is 0 Å². The number of halogens is 1. The quantitative estimate of drug-likeness (QED) is 0.527. The van der Waals surface area contributed by atoms with Crippen molar-refractivity contribution in [2.24, 2.45) is 10.2 Å². The van der Waals surface area contributed by atoms with Crippen molar-refractivity contribution in [1.82, 2.24) is 10.3 Å². The first-order valence-electron chi connectivity index (χ1n) is 6.92. The molecule has 23 heavy (non-hydrogen) atoms. The zero-order valence-electron chi connectivity index (χ0n) is 12.1. The summed E-state index contributed by atoms with van der Waals surface area (Å²) in [6, 6.07) is 11.8. The van der Waals surface area contributed by atoms with Gasteiger partial charge in [-0.2, -0.15) is 5.10 Å². The number of amides is 1. The van der Waals surface area contributed by atoms with Crippen LogP contribution in [0.3, 0.4) is 0 Å². The van der Waals surface area contributed by atoms with E-state index in [1.807, 2.05) is 30.3 Å². The SMILES string of the molecule is O=C1CSC(=NN=Cc2ccc(Cc3ccc(Cl)nc3)cc2)N1. The van der Waals surface area contributed by atoms with Crippen molar-refractivity contribution in [1.29, 1.82) is 0 Å². The number of hydrogen-bond acceptors (Lipinski definition) is 5. The first kappa shape index (κ1) is 15.7. The van der Waals surface area contributed by atoms with Crippen molar-refractivity contribution in [2.75, 3.05) is 5.75 Å². The van der Waals surface area contributed by atoms with Gasteiger partial charge in [-0.3, -0.25) is 4.79 Å². The molecule has 2 heterocycles. The van der Waals surface area contributed by atoms with E-state index >= 15 is 0 Å². The molecule has 0 unspecified atom stereocenters. The fraction of sp³-hybridized carbons (Fsp3) is 0.125. The van der Waals surface area contributed by atoms with E-state index in [-0.39, 0.29) is 5.91 Å². The number of aromatic nitrogens is 1. The van der Waals surface area contributed by atoms with Crippen LogP contribution >= 0.6 is 23.4 Å². The lowest BCUT2D eigenvalue weighted by atomic mass is 10.1. The molecule has 3 rings (SSSR count). The van der Waals surface area contributed by atoms with Crippen LogP contribution in [0.25, 0.3) is 0 Å². The molecular weight excluding hydrogens is 332 g/mol. The molecule has 1 saturated heterocycles. The molecule has 0 bridgehead atoms. The summed E-state index contributed by atoms with van der Waals surface area (Å²) in [5.74, 6) is 0.368. The van der Waals surface area contributed by atoms with Crippen molar-refractivity contribution in [2.45, 2.75) is 6.42 Å². The fourth-order valence-corrected chi connectivity index (χ4v) is 2.74. The summed E-state index contributed by atoms with van der Waals surface area (Å²) >= 11 is 7.13. The highest BCUT2D eigenvalue weighted by Crippen LogP contribution is 2.12. The second kappa shape index (κ2) is 7.39. The molecule has 0 spiro atoms. The Kier molecular flexibility index (Phi) is 5.05. The van der Waals surface area contributed by atoms with E-state index < -0.39 is 0 Å². The van der Waals surface area contributed by atoms with Crippen LogP contribution in [0.2, 0.25) is 5.15 Å². The summed E-state index contributed by atoms with van der Waals surface area (Å²) in [7, 11) is 0. The lowest BCUT2D eigenvalue weighted by Crippen LogP contribution is -2.19. The van der Waals surface area contributed by atoms with Crippen LogP contribution in [0.5, 0.6) is 0 Å². The Hall–Kier alpha value is -2.18. The predicted molar refractivity (Wildman–Crippen MR) is 94.1 cm³/mol. The maximum Gasteiger partial charge on any atom is 0.236 e. The number of amidine groups is 1. The van der Waals surface area contributed by atoms with Crippen LogP contribution < -0.4 is 5.32 Å². The summed E-state index contributed by atoms with van der Waals surface area (Å²) in [5.41, 5.74) is 3.23. The molecule has 1 aliphatic rings. The van der Waals surface area contributed by atoms with E-state index in [9.17, 15) is 4.79 Å². The lowest BCUT2D eigenvalue weighted by Gasteiger charge is -2.02. The van der Waals surface area contributed by atoms with Gasteiger partial charge in [0.25, 0.3) is 0 Å². The number of pyridine rings is 1. The first-order valence-corrected chi connectivity index (χ1v) is 8.28. The van der Waals surface area contributed by atoms with E-state index in [1.165, 1.54) is 17.3 Å². The topological polar surface area (TPSA) is 66.7 Å². The third-order valence-electron chi connectivity index (χ3n) is 3.12. The van der Waals surface area contributed by atoms with Gasteiger partial charge < -0.3 is 5.32 Å². The summed E-state index contributed by atoms with van der Waals surface area (Å²) in [5, 5.41) is 11.6. The van der Waals surface area contributed by atoms with Crippen LogP contribution in [-0.2, 0) is 11.2 Å². The first-order chi connectivity index (χ1) is 11.2. The smallest absolute Gasteiger partial charge is 0.236 e. The molecule has 1 amide bonds. The second-order valence-corrected chi connectivity index (χ2v) is 6.25. The molecule has 1 fully saturated rings. The number of carbonyl (C=O) groups is 1. The Labute approximate surface area is 142 Å². The minimum absolute atomic E-state index is 0.0370. The summed E-state index contributed by atoms with van der Waals surface area (Å²) in [6.07, 6.45) is 4.24. The molecule has 0 aliphatic carbocycles. The maximum atomic E-state index is 11.0. The zero-order valence-corrected chi connectivity index (χ0v) is 13.6. The van der Waals surface area contributed by atoms with Gasteiger partial charge in [0, 0.05) is 6.20 Å². The highest BCUT2D eigenvalue weighted by atomic mass is 35.5. The van der Waals surface area contributed by atoms with Crippen LogP contribution in [0.15, 0.2) is 52.8 Å². The van der Waals surface area contributed by atoms with E-state index in [4.69, 9.17) is 11.6 Å². The highest BCUT2D eigenvalue weighted by Gasteiger charge is 2.15. The van der Waals surface area contributed by atoms with Crippen LogP contribution in [0.4, 0.5) is 0 Å². The van der Waals surface area contributed by atoms with Gasteiger partial charge >= 0.3 is 0 Å². The summed E-state index contributed by atoms with van der Waals surface area (Å²) < 4.78 is 0. The Morgan fingerprint density at radius 2 is 2.00 bits per heavy atom. The zero-order chi connectivity index (χ0) is 16.1. The highest BCUT2D eigenvalue weighted by molar-refractivity contribution is 8.15. The molecule has 1 aromatic carbocycles. The Morgan fingerprint density at radius 3 is 2.65 bits per heavy atom. The van der Waals surface area contributed by atoms with Crippen LogP contribution in [0, 0.1) is 0 Å². The maximum absolute atomic E-state index is 11.0. The third-order valence-corrected chi connectivity index (χ3v) is 4.21. The van der Waals surface area contributed by atoms with Gasteiger partial charge in [-0.05, 0) is 29.2 Å². The largest absolute Gasteiger partial charge is 0.303 e. The molecule has 1 aliphatic heterocycles. The molecule has 5 nitrogen and oxygen atoms in total. The molecule has 0 radical (unpaired) electrons. The number of carbonyl (C=O) groups excluding carboxylic acids is 1. The Bertz CT molecular complexity index is 757. The molecule has 1 aromatic heterocycles. The van der Waals surface area contributed by atoms with Gasteiger partial charge in [0.15, 0.2) is 5.17 Å². The van der Waals surface area contributed by atoms with E-state index in [0.717, 1.165) is 17.5 Å². The summed E-state index contributed by atoms with van der Waals surface area (Å²) in [6.45, 7) is 0. The van der Waals surface area contributed by atoms with E-state index in [1.54, 1.807) is 18.5 Å². The molecule has 0 saturated carbocycles. The third kappa shape index (κ3) is 4.64. The fourth-order valence-electron chi connectivity index (χ4n) is 2.00. The number of thioether (sulfide) groups is 1. The normalized spacial score (nSPS) is 16.2. The number of rotatable bonds is 4. The van der Waals surface area contributed by atoms with Gasteiger partial charge in [-0.1, -0.05) is 53.7 Å². The Balaban J connectivity index is 1.60. The van der Waals surface area contributed by atoms with Crippen LogP contribution in [-0.4, -0.2) is 28.0 Å². The van der Waals surface area contributed by atoms with E-state index in [2.05, 4.69) is 20.5 Å². The molecule has 1 N–H and O–H groups in total. The molecule has 0 atom stereocenters. The van der Waals surface area contributed by atoms with Crippen LogP contribution in [0.1, 0.15) is 16.7 Å². The second-order valence-electron chi connectivity index (χ2n) is 4.89. The summed E-state index contributed by atoms with van der Waals surface area (Å²) in [4.78, 5) is 15.1. The van der Waals surface area contributed by atoms with Gasteiger partial charge in [0.1, 0.15) is 5.15 Å². The van der Waals surface area contributed by atoms with E-state index in [0.29, 0.717) is 16.1 Å². The molecule has 2 aromatic rings. The Morgan fingerprint density at radius 1 is 1.22 bits per heavy atom. The average molecular weight is 345 g/mol. The molecule has 116 valence electrons. The average Bonchev–Trinajstić information content (AvgIpc) is 2.97. The van der Waals surface area contributed by atoms with Gasteiger partial charge in [0.2, 0.25) is 5.91 Å². The number of nitrogens with one attached hydrogen (secondary N) is 1. The van der Waals surface area contributed by atoms with Gasteiger partial charge in [0.05, 0.1) is 12.0 Å². The van der Waals surface area contributed by atoms with Crippen molar-refractivity contribution in [3.05, 3.63) is 64.4 Å². The van der Waals surface area contributed by atoms with Gasteiger partial charge in [-0.25, -0.2) is 4.98 Å². The standard InChI is InChI=1S/C16H13ClN4OS/c17-14-6-5-13(8-18-14)7-11-1-3-12(4-2-11)9-19-21-16-20-15(22)10-23-16/h1-6,8-9H,7,10H2,(H,20,21,22). The van der Waals surface area contributed by atoms with Crippen molar-refractivity contribution < 1.29 is 4.79 Å². The molecular formula is C16H13ClN4OS. The molecule has 7 heteroatoms. The predicted octanol–water partition coefficient (Wildman–Crippen LogP) is 2.88. The minimum Gasteiger partial charge on any atom is -0.303 e. The monoisotopic (exact) mass is 344 g/mol. The lowest BCUT2D eigenvalue weighted by molar-refractivity contribution is -0.116. The number of benzene rings is 1.